The minimum Gasteiger partial charge on any atom is -0.493 e. The predicted octanol–water partition coefficient (Wildman–Crippen LogP) is 5.51. The summed E-state index contributed by atoms with van der Waals surface area (Å²) in [4.78, 5) is 11.6. The second-order valence-electron chi connectivity index (χ2n) is 6.66. The predicted molar refractivity (Wildman–Crippen MR) is 110 cm³/mol. The summed E-state index contributed by atoms with van der Waals surface area (Å²) in [7, 11) is 3.16. The number of hydrogen-bond donors (Lipinski definition) is 0. The smallest absolute Gasteiger partial charge is 0.493 e. The number of fused-ring (bicyclic) bond motifs is 1. The Kier molecular flexibility index (Phi) is 6.32. The Bertz CT molecular complexity index is 918. The first kappa shape index (κ1) is 20.6. The fourth-order valence-corrected chi connectivity index (χ4v) is 3.48. The van der Waals surface area contributed by atoms with E-state index >= 15 is 0 Å². The number of allylic oxidation sites excluding steroid dienone is 1. The summed E-state index contributed by atoms with van der Waals surface area (Å²) in [6, 6.07) is 9.46. The number of benzene rings is 2. The molecule has 0 radical (unpaired) electrons. The Balaban J connectivity index is 1.92. The van der Waals surface area contributed by atoms with Crippen LogP contribution in [-0.4, -0.2) is 27.0 Å². The fourth-order valence-electron chi connectivity index (χ4n) is 3.48. The maximum Gasteiger partial charge on any atom is 0.513 e. The second-order valence-corrected chi connectivity index (χ2v) is 6.66. The van der Waals surface area contributed by atoms with E-state index in [4.69, 9.17) is 23.7 Å². The minimum absolute atomic E-state index is 0.102. The molecular weight excluding hydrogens is 372 g/mol. The van der Waals surface area contributed by atoms with Crippen molar-refractivity contribution in [3.63, 3.8) is 0 Å². The number of rotatable bonds is 6. The molecule has 0 saturated heterocycles. The highest BCUT2D eigenvalue weighted by Crippen LogP contribution is 2.51. The average Bonchev–Trinajstić information content (AvgIpc) is 3.05. The van der Waals surface area contributed by atoms with E-state index in [1.54, 1.807) is 20.1 Å². The molecule has 6 nitrogen and oxygen atoms in total. The van der Waals surface area contributed by atoms with Crippen molar-refractivity contribution < 1.29 is 28.5 Å². The maximum absolute atomic E-state index is 11.6. The molecule has 1 aliphatic rings. The van der Waals surface area contributed by atoms with Crippen molar-refractivity contribution in [2.45, 2.75) is 32.8 Å². The summed E-state index contributed by atoms with van der Waals surface area (Å²) in [6.07, 6.45) is 3.04. The molecule has 154 valence electrons. The van der Waals surface area contributed by atoms with Gasteiger partial charge < -0.3 is 23.7 Å². The largest absolute Gasteiger partial charge is 0.513 e. The van der Waals surface area contributed by atoms with Gasteiger partial charge in [0, 0.05) is 11.5 Å². The lowest BCUT2D eigenvalue weighted by Gasteiger charge is -2.18. The molecule has 0 fully saturated rings. The number of carbonyl (C=O) groups is 1. The molecule has 3 rings (SSSR count). The monoisotopic (exact) mass is 398 g/mol. The van der Waals surface area contributed by atoms with Crippen molar-refractivity contribution in [3.05, 3.63) is 53.1 Å². The molecular formula is C23H26O6. The molecule has 29 heavy (non-hydrogen) atoms. The van der Waals surface area contributed by atoms with Gasteiger partial charge >= 0.3 is 6.16 Å². The molecule has 0 unspecified atom stereocenters. The van der Waals surface area contributed by atoms with Crippen molar-refractivity contribution in [1.29, 1.82) is 0 Å². The van der Waals surface area contributed by atoms with Crippen molar-refractivity contribution in [1.82, 2.24) is 0 Å². The van der Waals surface area contributed by atoms with Crippen molar-refractivity contribution >= 4 is 12.2 Å². The van der Waals surface area contributed by atoms with Crippen LogP contribution in [0.3, 0.4) is 0 Å². The number of ether oxygens (including phenoxy) is 5. The number of carbonyl (C=O) groups excluding carboxylic acids is 1. The van der Waals surface area contributed by atoms with E-state index in [-0.39, 0.29) is 18.6 Å². The number of hydrogen-bond acceptors (Lipinski definition) is 6. The summed E-state index contributed by atoms with van der Waals surface area (Å²) in [5.41, 5.74) is 3.07. The van der Waals surface area contributed by atoms with Crippen molar-refractivity contribution in [2.75, 3.05) is 20.8 Å². The summed E-state index contributed by atoms with van der Waals surface area (Å²) >= 11 is 0. The second kappa shape index (κ2) is 8.90. The standard InChI is InChI=1S/C23H26O6/c1-6-8-15-11-17-14(3)21(29-22(17)20(12-15)26-5)16-9-10-18(19(13-16)25-4)28-23(24)27-7-2/h6,8-14,21H,7H2,1-5H3/b8-6+/t14-,21-/m1/s1. The molecule has 0 aliphatic carbocycles. The first-order valence-electron chi connectivity index (χ1n) is 9.56. The van der Waals surface area contributed by atoms with Gasteiger partial charge in [-0.2, -0.15) is 0 Å². The molecule has 1 aliphatic heterocycles. The van der Waals surface area contributed by atoms with Gasteiger partial charge in [-0.25, -0.2) is 4.79 Å². The van der Waals surface area contributed by atoms with Gasteiger partial charge in [0.2, 0.25) is 0 Å². The van der Waals surface area contributed by atoms with Crippen LogP contribution in [0.15, 0.2) is 36.4 Å². The van der Waals surface area contributed by atoms with E-state index in [2.05, 4.69) is 13.0 Å². The van der Waals surface area contributed by atoms with Gasteiger partial charge in [-0.1, -0.05) is 25.1 Å². The first-order chi connectivity index (χ1) is 14.0. The minimum atomic E-state index is -0.766. The van der Waals surface area contributed by atoms with Crippen LogP contribution in [0.25, 0.3) is 6.08 Å². The zero-order valence-corrected chi connectivity index (χ0v) is 17.4. The normalized spacial score (nSPS) is 17.6. The Morgan fingerprint density at radius 3 is 2.52 bits per heavy atom. The Hall–Kier alpha value is -3.15. The van der Waals surface area contributed by atoms with Crippen LogP contribution in [0.5, 0.6) is 23.0 Å². The Morgan fingerprint density at radius 2 is 1.86 bits per heavy atom. The first-order valence-corrected chi connectivity index (χ1v) is 9.56. The van der Waals surface area contributed by atoms with E-state index in [9.17, 15) is 4.79 Å². The molecule has 0 spiro atoms. The van der Waals surface area contributed by atoms with Gasteiger partial charge in [0.25, 0.3) is 0 Å². The van der Waals surface area contributed by atoms with Gasteiger partial charge in [0.1, 0.15) is 6.10 Å². The molecule has 0 bridgehead atoms. The Labute approximate surface area is 171 Å². The molecule has 0 amide bonds. The molecule has 2 atom stereocenters. The molecule has 0 aromatic heterocycles. The number of methoxy groups -OCH3 is 2. The molecule has 0 N–H and O–H groups in total. The van der Waals surface area contributed by atoms with Crippen LogP contribution < -0.4 is 18.9 Å². The van der Waals surface area contributed by atoms with Crippen LogP contribution in [-0.2, 0) is 4.74 Å². The van der Waals surface area contributed by atoms with Gasteiger partial charge in [-0.3, -0.25) is 0 Å². The van der Waals surface area contributed by atoms with Gasteiger partial charge in [0.15, 0.2) is 23.0 Å². The van der Waals surface area contributed by atoms with Crippen LogP contribution in [0.2, 0.25) is 0 Å². The summed E-state index contributed by atoms with van der Waals surface area (Å²) < 4.78 is 27.3. The van der Waals surface area contributed by atoms with Gasteiger partial charge in [0.05, 0.1) is 20.8 Å². The third kappa shape index (κ3) is 4.16. The maximum atomic E-state index is 11.6. The molecule has 1 heterocycles. The van der Waals surface area contributed by atoms with Gasteiger partial charge in [-0.15, -0.1) is 0 Å². The van der Waals surface area contributed by atoms with Crippen molar-refractivity contribution in [3.8, 4) is 23.0 Å². The van der Waals surface area contributed by atoms with E-state index in [1.807, 2.05) is 37.3 Å². The lowest BCUT2D eigenvalue weighted by Crippen LogP contribution is -2.12. The SMILES string of the molecule is C/C=C/c1cc(OC)c2c(c1)[C@@H](C)[C@H](c1ccc(OC(=O)OCC)c(OC)c1)O2. The van der Waals surface area contributed by atoms with E-state index in [0.29, 0.717) is 17.2 Å². The fraction of sp³-hybridized carbons (Fsp3) is 0.348. The third-order valence-electron chi connectivity index (χ3n) is 4.85. The average molecular weight is 398 g/mol. The zero-order chi connectivity index (χ0) is 21.0. The highest BCUT2D eigenvalue weighted by Gasteiger charge is 2.35. The molecule has 6 heteroatoms. The highest BCUT2D eigenvalue weighted by molar-refractivity contribution is 5.66. The molecule has 0 saturated carbocycles. The summed E-state index contributed by atoms with van der Waals surface area (Å²) in [5, 5.41) is 0. The van der Waals surface area contributed by atoms with Crippen LogP contribution in [0.1, 0.15) is 49.5 Å². The third-order valence-corrected chi connectivity index (χ3v) is 4.85. The van der Waals surface area contributed by atoms with Crippen LogP contribution >= 0.6 is 0 Å². The van der Waals surface area contributed by atoms with Crippen LogP contribution in [0, 0.1) is 0 Å². The van der Waals surface area contributed by atoms with Gasteiger partial charge in [-0.05, 0) is 49.2 Å². The Morgan fingerprint density at radius 1 is 1.10 bits per heavy atom. The lowest BCUT2D eigenvalue weighted by molar-refractivity contribution is 0.103. The molecule has 2 aromatic carbocycles. The summed E-state index contributed by atoms with van der Waals surface area (Å²) in [5.74, 6) is 2.29. The highest BCUT2D eigenvalue weighted by atomic mass is 16.7. The van der Waals surface area contributed by atoms with Crippen LogP contribution in [0.4, 0.5) is 4.79 Å². The van der Waals surface area contributed by atoms with E-state index in [1.165, 1.54) is 7.11 Å². The van der Waals surface area contributed by atoms with E-state index in [0.717, 1.165) is 22.4 Å². The summed E-state index contributed by atoms with van der Waals surface area (Å²) in [6.45, 7) is 6.05. The van der Waals surface area contributed by atoms with Crippen molar-refractivity contribution in [2.24, 2.45) is 0 Å². The zero-order valence-electron chi connectivity index (χ0n) is 17.4. The van der Waals surface area contributed by atoms with E-state index < -0.39 is 6.16 Å². The lowest BCUT2D eigenvalue weighted by atomic mass is 9.91. The topological polar surface area (TPSA) is 63.2 Å². The quantitative estimate of drug-likeness (QED) is 0.472. The molecule has 2 aromatic rings.